The molecule has 1 aliphatic rings. The van der Waals surface area contributed by atoms with Crippen molar-refractivity contribution in [3.8, 4) is 34.0 Å². The molecular weight excluding hydrogens is 569 g/mol. The lowest BCUT2D eigenvalue weighted by Crippen LogP contribution is -2.00. The van der Waals surface area contributed by atoms with E-state index in [-0.39, 0.29) is 0 Å². The third kappa shape index (κ3) is 3.62. The molecule has 0 bridgehead atoms. The Morgan fingerprint density at radius 1 is 0.533 bits per heavy atom. The topological polar surface area (TPSA) is 35.6 Å². The molecule has 45 heavy (non-hydrogen) atoms. The maximum atomic E-state index is 5.18. The van der Waals surface area contributed by atoms with Crippen molar-refractivity contribution in [3.05, 3.63) is 146 Å². The molecule has 0 N–H and O–H groups in total. The first-order valence-corrected chi connectivity index (χ1v) is 15.9. The second-order valence-electron chi connectivity index (χ2n) is 11.5. The average Bonchev–Trinajstić information content (AvgIpc) is 3.68. The molecular formula is C40H24N4S. The lowest BCUT2D eigenvalue weighted by atomic mass is 10.0. The molecule has 210 valence electrons. The van der Waals surface area contributed by atoms with Crippen LogP contribution >= 0.6 is 11.8 Å². The third-order valence-corrected chi connectivity index (χ3v) is 10.1. The predicted octanol–water partition coefficient (Wildman–Crippen LogP) is 10.5. The first-order chi connectivity index (χ1) is 22.3. The molecule has 0 radical (unpaired) electrons. The van der Waals surface area contributed by atoms with Gasteiger partial charge in [0.1, 0.15) is 0 Å². The molecule has 0 saturated heterocycles. The summed E-state index contributed by atoms with van der Waals surface area (Å²) in [5.41, 5.74) is 9.98. The van der Waals surface area contributed by atoms with E-state index in [1.807, 2.05) is 0 Å². The van der Waals surface area contributed by atoms with Crippen molar-refractivity contribution in [2.75, 3.05) is 0 Å². The van der Waals surface area contributed by atoms with Crippen LogP contribution in [-0.4, -0.2) is 19.1 Å². The number of fused-ring (bicyclic) bond motifs is 7. The van der Waals surface area contributed by atoms with Gasteiger partial charge in [0, 0.05) is 60.0 Å². The standard InChI is InChI=1S/C40H24N4S/c1-2-9-27(10-3-1)43-24-23-25-19-22-30-29-11-4-6-14-33(29)44(39(30)38(25)43)28-20-17-26(18-21-28)40-41-32-13-8-16-35-36(32)37(42-40)31-12-5-7-15-34(31)45-35/h1-24H. The monoisotopic (exact) mass is 592 g/mol. The number of benzene rings is 6. The highest BCUT2D eigenvalue weighted by molar-refractivity contribution is 7.99. The van der Waals surface area contributed by atoms with Crippen molar-refractivity contribution in [2.24, 2.45) is 0 Å². The van der Waals surface area contributed by atoms with Gasteiger partial charge in [-0.2, -0.15) is 0 Å². The average molecular weight is 593 g/mol. The molecule has 0 fully saturated rings. The van der Waals surface area contributed by atoms with Crippen LogP contribution in [0, 0.1) is 0 Å². The van der Waals surface area contributed by atoms with Gasteiger partial charge in [0.25, 0.3) is 0 Å². The number of nitrogens with zero attached hydrogens (tertiary/aromatic N) is 4. The van der Waals surface area contributed by atoms with Gasteiger partial charge in [0.2, 0.25) is 0 Å². The van der Waals surface area contributed by atoms with E-state index in [1.165, 1.54) is 48.1 Å². The molecule has 0 aliphatic carbocycles. The molecule has 0 unspecified atom stereocenters. The summed E-state index contributed by atoms with van der Waals surface area (Å²) >= 11 is 1.80. The molecule has 5 heteroatoms. The third-order valence-electron chi connectivity index (χ3n) is 8.95. The van der Waals surface area contributed by atoms with Gasteiger partial charge in [-0.1, -0.05) is 84.6 Å². The molecule has 0 spiro atoms. The van der Waals surface area contributed by atoms with Crippen LogP contribution in [0.5, 0.6) is 0 Å². The number of aromatic nitrogens is 4. The molecule has 3 aromatic heterocycles. The summed E-state index contributed by atoms with van der Waals surface area (Å²) in [5, 5.41) is 4.83. The Morgan fingerprint density at radius 2 is 1.33 bits per heavy atom. The molecule has 6 aromatic carbocycles. The SMILES string of the molecule is c1ccc(-n2ccc3ccc4c5ccccc5n(-c5ccc(-c6nc7c8c(cccc8n6)Sc6ccccc6-7)cc5)c4c32)cc1. The molecule has 9 aromatic rings. The van der Waals surface area contributed by atoms with E-state index in [9.17, 15) is 0 Å². The van der Waals surface area contributed by atoms with Crippen LogP contribution in [0.2, 0.25) is 0 Å². The smallest absolute Gasteiger partial charge is 0.160 e. The van der Waals surface area contributed by atoms with Crippen LogP contribution in [0.3, 0.4) is 0 Å². The van der Waals surface area contributed by atoms with E-state index >= 15 is 0 Å². The largest absolute Gasteiger partial charge is 0.315 e. The lowest BCUT2D eigenvalue weighted by molar-refractivity contribution is 1.11. The Labute approximate surface area is 263 Å². The van der Waals surface area contributed by atoms with E-state index in [0.29, 0.717) is 0 Å². The first-order valence-electron chi connectivity index (χ1n) is 15.1. The van der Waals surface area contributed by atoms with Crippen molar-refractivity contribution in [3.63, 3.8) is 0 Å². The van der Waals surface area contributed by atoms with Crippen LogP contribution in [0.15, 0.2) is 156 Å². The highest BCUT2D eigenvalue weighted by atomic mass is 32.2. The lowest BCUT2D eigenvalue weighted by Gasteiger charge is -2.19. The normalized spacial score (nSPS) is 12.4. The van der Waals surface area contributed by atoms with Crippen LogP contribution in [0.25, 0.3) is 77.6 Å². The molecule has 0 amide bonds. The van der Waals surface area contributed by atoms with Crippen LogP contribution in [0.1, 0.15) is 0 Å². The summed E-state index contributed by atoms with van der Waals surface area (Å²) in [6.07, 6.45) is 2.18. The quantitative estimate of drug-likeness (QED) is 0.205. The van der Waals surface area contributed by atoms with Gasteiger partial charge in [0.15, 0.2) is 5.82 Å². The minimum Gasteiger partial charge on any atom is -0.315 e. The maximum Gasteiger partial charge on any atom is 0.160 e. The summed E-state index contributed by atoms with van der Waals surface area (Å²) in [5.74, 6) is 0.741. The van der Waals surface area contributed by atoms with E-state index in [4.69, 9.17) is 9.97 Å². The molecule has 4 heterocycles. The van der Waals surface area contributed by atoms with Gasteiger partial charge in [-0.15, -0.1) is 0 Å². The summed E-state index contributed by atoms with van der Waals surface area (Å²) in [7, 11) is 0. The van der Waals surface area contributed by atoms with Crippen molar-refractivity contribution < 1.29 is 0 Å². The number of hydrogen-bond donors (Lipinski definition) is 0. The van der Waals surface area contributed by atoms with Gasteiger partial charge < -0.3 is 9.13 Å². The van der Waals surface area contributed by atoms with Crippen molar-refractivity contribution in [1.29, 1.82) is 0 Å². The Balaban J connectivity index is 1.18. The first kappa shape index (κ1) is 24.8. The second-order valence-corrected chi connectivity index (χ2v) is 12.5. The van der Waals surface area contributed by atoms with Crippen LogP contribution in [-0.2, 0) is 0 Å². The van der Waals surface area contributed by atoms with Gasteiger partial charge in [0.05, 0.1) is 27.8 Å². The van der Waals surface area contributed by atoms with Gasteiger partial charge in [-0.25, -0.2) is 9.97 Å². The Kier molecular flexibility index (Phi) is 5.18. The molecule has 1 aliphatic heterocycles. The Bertz CT molecular complexity index is 2610. The zero-order chi connectivity index (χ0) is 29.5. The van der Waals surface area contributed by atoms with Crippen molar-refractivity contribution in [2.45, 2.75) is 9.79 Å². The molecule has 0 saturated carbocycles. The van der Waals surface area contributed by atoms with Gasteiger partial charge in [-0.05, 0) is 66.7 Å². The minimum absolute atomic E-state index is 0.741. The molecule has 4 nitrogen and oxygen atoms in total. The molecule has 0 atom stereocenters. The van der Waals surface area contributed by atoms with Crippen LogP contribution in [0.4, 0.5) is 0 Å². The summed E-state index contributed by atoms with van der Waals surface area (Å²) < 4.78 is 4.71. The summed E-state index contributed by atoms with van der Waals surface area (Å²) in [6, 6.07) is 49.6. The van der Waals surface area contributed by atoms with E-state index in [0.717, 1.165) is 39.4 Å². The highest BCUT2D eigenvalue weighted by Crippen LogP contribution is 2.47. The van der Waals surface area contributed by atoms with Crippen molar-refractivity contribution >= 4 is 55.4 Å². The van der Waals surface area contributed by atoms with Gasteiger partial charge >= 0.3 is 0 Å². The summed E-state index contributed by atoms with van der Waals surface area (Å²) in [4.78, 5) is 12.7. The predicted molar refractivity (Wildman–Crippen MR) is 186 cm³/mol. The fourth-order valence-electron chi connectivity index (χ4n) is 6.93. The second kappa shape index (κ2) is 9.42. The minimum atomic E-state index is 0.741. The Hall–Kier alpha value is -5.65. The van der Waals surface area contributed by atoms with Crippen molar-refractivity contribution in [1.82, 2.24) is 19.1 Å². The fourth-order valence-corrected chi connectivity index (χ4v) is 8.04. The highest BCUT2D eigenvalue weighted by Gasteiger charge is 2.22. The van der Waals surface area contributed by atoms with Crippen LogP contribution < -0.4 is 0 Å². The van der Waals surface area contributed by atoms with E-state index in [1.54, 1.807) is 11.8 Å². The number of rotatable bonds is 3. The van der Waals surface area contributed by atoms with E-state index in [2.05, 4.69) is 155 Å². The summed E-state index contributed by atoms with van der Waals surface area (Å²) in [6.45, 7) is 0. The Morgan fingerprint density at radius 3 is 2.24 bits per heavy atom. The van der Waals surface area contributed by atoms with Gasteiger partial charge in [-0.3, -0.25) is 0 Å². The zero-order valence-electron chi connectivity index (χ0n) is 24.1. The number of hydrogen-bond acceptors (Lipinski definition) is 3. The maximum absolute atomic E-state index is 5.18. The fraction of sp³-hybridized carbons (Fsp3) is 0. The number of para-hydroxylation sites is 2. The molecule has 10 rings (SSSR count). The van der Waals surface area contributed by atoms with E-state index < -0.39 is 0 Å². The zero-order valence-corrected chi connectivity index (χ0v) is 24.9.